The molecule has 1 atom stereocenters. The van der Waals surface area contributed by atoms with Crippen molar-refractivity contribution in [3.8, 4) is 10.4 Å². The van der Waals surface area contributed by atoms with E-state index in [4.69, 9.17) is 0 Å². The maximum Gasteiger partial charge on any atom is 0.128 e. The lowest BCUT2D eigenvalue weighted by atomic mass is 10.2. The summed E-state index contributed by atoms with van der Waals surface area (Å²) in [6, 6.07) is 13.9. The van der Waals surface area contributed by atoms with Gasteiger partial charge in [-0.2, -0.15) is 0 Å². The Balaban J connectivity index is 2.49. The van der Waals surface area contributed by atoms with Crippen LogP contribution < -0.4 is 0 Å². The van der Waals surface area contributed by atoms with Crippen LogP contribution in [0, 0.1) is 0 Å². The predicted molar refractivity (Wildman–Crippen MR) is 88.0 cm³/mol. The van der Waals surface area contributed by atoms with Gasteiger partial charge in [0.2, 0.25) is 0 Å². The van der Waals surface area contributed by atoms with Gasteiger partial charge in [0.1, 0.15) is 2.68 Å². The molecule has 0 saturated heterocycles. The Hall–Kier alpha value is 0.380. The molecule has 1 heterocycles. The Bertz CT molecular complexity index is 636. The van der Waals surface area contributed by atoms with Crippen LogP contribution in [0.1, 0.15) is 0 Å². The molecule has 0 aliphatic heterocycles. The smallest absolute Gasteiger partial charge is 0.128 e. The minimum Gasteiger partial charge on any atom is -0.249 e. The Morgan fingerprint density at radius 3 is 2.29 bits per heavy atom. The van der Waals surface area contributed by atoms with E-state index < -0.39 is 7.96 Å². The van der Waals surface area contributed by atoms with Crippen molar-refractivity contribution in [2.45, 2.75) is 4.21 Å². The number of rotatable bonds is 2. The Labute approximate surface area is 129 Å². The van der Waals surface area contributed by atoms with Gasteiger partial charge in [0.25, 0.3) is 0 Å². The highest BCUT2D eigenvalue weighted by Crippen LogP contribution is 2.35. The highest BCUT2D eigenvalue weighted by Gasteiger charge is 2.14. The zero-order valence-corrected chi connectivity index (χ0v) is 14.8. The maximum absolute atomic E-state index is 12.3. The Morgan fingerprint density at radius 2 is 1.71 bits per heavy atom. The molecule has 0 bridgehead atoms. The summed E-state index contributed by atoms with van der Waals surface area (Å²) in [5.41, 5.74) is 1.14. The summed E-state index contributed by atoms with van der Waals surface area (Å²) >= 11 is 11.2. The first kappa shape index (κ1) is 13.8. The largest absolute Gasteiger partial charge is 0.249 e. The van der Waals surface area contributed by atoms with Crippen molar-refractivity contribution >= 4 is 68.6 Å². The number of hydrogen-bond acceptors (Lipinski definition) is 2. The third-order valence-corrected chi connectivity index (χ3v) is 13.0. The van der Waals surface area contributed by atoms with Gasteiger partial charge < -0.3 is 0 Å². The van der Waals surface area contributed by atoms with E-state index in [1.807, 2.05) is 42.5 Å². The van der Waals surface area contributed by atoms with E-state index in [1.54, 1.807) is 0 Å². The monoisotopic (exact) mass is 456 g/mol. The molecule has 0 fully saturated rings. The van der Waals surface area contributed by atoms with E-state index in [0.717, 1.165) is 14.6 Å². The van der Waals surface area contributed by atoms with Crippen molar-refractivity contribution < 1.29 is 4.21 Å². The van der Waals surface area contributed by atoms with Gasteiger partial charge in [-0.05, 0) is 49.6 Å². The molecule has 1 aromatic carbocycles. The highest BCUT2D eigenvalue weighted by atomic mass is 79.9. The SMILES string of the molecule is O=S(Br)(=C(Br)Br)c1ccc(-c2ccccc2)s1. The summed E-state index contributed by atoms with van der Waals surface area (Å²) in [6.07, 6.45) is 0. The fourth-order valence-corrected chi connectivity index (χ4v) is 5.99. The molecule has 1 unspecified atom stereocenters. The highest BCUT2D eigenvalue weighted by molar-refractivity contribution is 9.55. The molecule has 90 valence electrons. The average Bonchev–Trinajstić information content (AvgIpc) is 2.80. The molecule has 0 saturated carbocycles. The van der Waals surface area contributed by atoms with Crippen LogP contribution in [0.5, 0.6) is 0 Å². The van der Waals surface area contributed by atoms with Gasteiger partial charge in [-0.3, -0.25) is 0 Å². The van der Waals surface area contributed by atoms with Crippen LogP contribution in [0.15, 0.2) is 46.7 Å². The minimum atomic E-state index is -2.33. The molecule has 0 spiro atoms. The van der Waals surface area contributed by atoms with E-state index in [-0.39, 0.29) is 0 Å². The lowest BCUT2D eigenvalue weighted by molar-refractivity contribution is 0.691. The van der Waals surface area contributed by atoms with Crippen LogP contribution in [-0.4, -0.2) is 6.89 Å². The molecule has 6 heteroatoms. The van der Waals surface area contributed by atoms with Crippen LogP contribution in [0.25, 0.3) is 10.4 Å². The zero-order valence-electron chi connectivity index (χ0n) is 8.40. The topological polar surface area (TPSA) is 17.1 Å². The maximum atomic E-state index is 12.3. The first-order valence-electron chi connectivity index (χ1n) is 4.59. The molecule has 0 N–H and O–H groups in total. The summed E-state index contributed by atoms with van der Waals surface area (Å²) in [6.45, 7) is 0. The molecule has 1 aromatic heterocycles. The van der Waals surface area contributed by atoms with Crippen molar-refractivity contribution in [2.24, 2.45) is 0 Å². The first-order chi connectivity index (χ1) is 8.01. The van der Waals surface area contributed by atoms with Crippen molar-refractivity contribution in [3.05, 3.63) is 42.5 Å². The van der Waals surface area contributed by atoms with Gasteiger partial charge in [-0.15, -0.1) is 11.3 Å². The van der Waals surface area contributed by atoms with E-state index in [2.05, 4.69) is 46.7 Å². The van der Waals surface area contributed by atoms with E-state index in [9.17, 15) is 4.21 Å². The lowest BCUT2D eigenvalue weighted by Gasteiger charge is -1.99. The summed E-state index contributed by atoms with van der Waals surface area (Å²) in [7, 11) is -2.33. The molecule has 1 nitrogen and oxygen atoms in total. The van der Waals surface area contributed by atoms with Crippen LogP contribution in [0.4, 0.5) is 0 Å². The number of hydrogen-bond donors (Lipinski definition) is 0. The molecule has 0 amide bonds. The van der Waals surface area contributed by atoms with Crippen molar-refractivity contribution in [1.82, 2.24) is 0 Å². The quantitative estimate of drug-likeness (QED) is 0.444. The van der Waals surface area contributed by atoms with Crippen LogP contribution in [0.3, 0.4) is 0 Å². The van der Waals surface area contributed by atoms with Gasteiger partial charge in [-0.25, -0.2) is 4.21 Å². The fraction of sp³-hybridized carbons (Fsp3) is 0. The Kier molecular flexibility index (Phi) is 4.52. The van der Waals surface area contributed by atoms with Crippen LogP contribution in [-0.2, 0) is 7.96 Å². The second-order valence-corrected chi connectivity index (χ2v) is 12.8. The molecule has 0 radical (unpaired) electrons. The number of thiophene rings is 1. The second kappa shape index (κ2) is 5.57. The predicted octanol–water partition coefficient (Wildman–Crippen LogP) is 5.25. The molecular weight excluding hydrogens is 452 g/mol. The lowest BCUT2D eigenvalue weighted by Crippen LogP contribution is -1.92. The fourth-order valence-electron chi connectivity index (χ4n) is 1.29. The molecule has 2 aromatic rings. The zero-order chi connectivity index (χ0) is 12.5. The molecule has 0 aliphatic carbocycles. The van der Waals surface area contributed by atoms with Crippen molar-refractivity contribution in [2.75, 3.05) is 0 Å². The van der Waals surface area contributed by atoms with Gasteiger partial charge in [0.05, 0.1) is 12.2 Å². The van der Waals surface area contributed by atoms with Gasteiger partial charge in [-0.1, -0.05) is 30.3 Å². The Morgan fingerprint density at radius 1 is 1.06 bits per heavy atom. The average molecular weight is 459 g/mol. The molecule has 17 heavy (non-hydrogen) atoms. The molecular formula is C11H7Br3OS2. The minimum absolute atomic E-state index is 0.527. The first-order valence-corrected chi connectivity index (χ1v) is 10.4. The second-order valence-electron chi connectivity index (χ2n) is 3.20. The molecule has 0 aliphatic rings. The van der Waals surface area contributed by atoms with Crippen molar-refractivity contribution in [3.63, 3.8) is 0 Å². The third kappa shape index (κ3) is 3.04. The third-order valence-electron chi connectivity index (χ3n) is 2.10. The van der Waals surface area contributed by atoms with Crippen LogP contribution >= 0.6 is 58.0 Å². The van der Waals surface area contributed by atoms with E-state index in [1.165, 1.54) is 11.3 Å². The van der Waals surface area contributed by atoms with Crippen molar-refractivity contribution in [1.29, 1.82) is 0 Å². The summed E-state index contributed by atoms with van der Waals surface area (Å²) < 4.78 is 13.6. The van der Waals surface area contributed by atoms with E-state index >= 15 is 0 Å². The molecule has 2 rings (SSSR count). The van der Waals surface area contributed by atoms with Gasteiger partial charge in [0.15, 0.2) is 0 Å². The van der Waals surface area contributed by atoms with E-state index in [0.29, 0.717) is 2.68 Å². The van der Waals surface area contributed by atoms with Crippen LogP contribution in [0.2, 0.25) is 0 Å². The standard InChI is InChI=1S/C11H7Br3OS2/c12-11(13)17(14,15)10-7-6-9(16-10)8-4-2-1-3-5-8/h1-7H. The number of benzene rings is 1. The van der Waals surface area contributed by atoms with Gasteiger partial charge in [0, 0.05) is 19.7 Å². The summed E-state index contributed by atoms with van der Waals surface area (Å²) in [5.74, 6) is 0. The normalized spacial score (nSPS) is 14.3. The summed E-state index contributed by atoms with van der Waals surface area (Å²) in [5, 5.41) is 0. The summed E-state index contributed by atoms with van der Waals surface area (Å²) in [4.78, 5) is 1.11. The number of halogens is 3. The van der Waals surface area contributed by atoms with Gasteiger partial charge >= 0.3 is 0 Å².